The van der Waals surface area contributed by atoms with Crippen molar-refractivity contribution in [2.75, 3.05) is 13.7 Å². The molecule has 1 fully saturated rings. The summed E-state index contributed by atoms with van der Waals surface area (Å²) in [7, 11) is 1.28. The van der Waals surface area contributed by atoms with E-state index in [2.05, 4.69) is 10.6 Å². The van der Waals surface area contributed by atoms with Gasteiger partial charge in [0.2, 0.25) is 0 Å². The molecule has 1 aliphatic rings. The number of benzene rings is 1. The largest absolute Gasteiger partial charge is 0.490 e. The Morgan fingerprint density at radius 1 is 1.29 bits per heavy atom. The molecule has 10 heteroatoms. The highest BCUT2D eigenvalue weighted by molar-refractivity contribution is 5.97. The van der Waals surface area contributed by atoms with Gasteiger partial charge in [-0.05, 0) is 31.9 Å². The second-order valence-corrected chi connectivity index (χ2v) is 6.45. The zero-order chi connectivity index (χ0) is 20.7. The van der Waals surface area contributed by atoms with Gasteiger partial charge in [0.15, 0.2) is 11.9 Å². The molecule has 28 heavy (non-hydrogen) atoms. The summed E-state index contributed by atoms with van der Waals surface area (Å²) in [6.45, 7) is 0.983. The normalized spacial score (nSPS) is 14.8. The van der Waals surface area contributed by atoms with Gasteiger partial charge in [-0.1, -0.05) is 12.8 Å². The van der Waals surface area contributed by atoms with Crippen LogP contribution in [0.15, 0.2) is 18.2 Å². The fourth-order valence-corrected chi connectivity index (χ4v) is 2.91. The quantitative estimate of drug-likeness (QED) is 0.386. The number of nitrogens with zero attached hydrogens (tertiary/aromatic N) is 1. The van der Waals surface area contributed by atoms with Crippen LogP contribution in [-0.2, 0) is 14.3 Å². The van der Waals surface area contributed by atoms with Crippen LogP contribution < -0.4 is 15.4 Å². The van der Waals surface area contributed by atoms with Crippen molar-refractivity contribution in [1.29, 1.82) is 0 Å². The minimum absolute atomic E-state index is 0.00711. The first kappa shape index (κ1) is 21.1. The molecule has 0 aromatic heterocycles. The zero-order valence-corrected chi connectivity index (χ0v) is 15.7. The molecule has 0 radical (unpaired) electrons. The molecule has 152 valence electrons. The fraction of sp³-hybridized carbons (Fsp3) is 0.500. The molecule has 1 aromatic rings. The molecule has 2 N–H and O–H groups in total. The van der Waals surface area contributed by atoms with Crippen LogP contribution in [0.2, 0.25) is 0 Å². The first-order chi connectivity index (χ1) is 13.3. The highest BCUT2D eigenvalue weighted by Crippen LogP contribution is 2.27. The average molecular weight is 393 g/mol. The number of hydrogen-bond acceptors (Lipinski definition) is 7. The van der Waals surface area contributed by atoms with Crippen molar-refractivity contribution < 1.29 is 28.8 Å². The number of rotatable bonds is 8. The number of methoxy groups -OCH3 is 1. The number of carbonyl (C=O) groups excluding carboxylic acids is 3. The lowest BCUT2D eigenvalue weighted by atomic mass is 10.1. The molecule has 1 aliphatic carbocycles. The molecule has 0 heterocycles. The fourth-order valence-electron chi connectivity index (χ4n) is 2.91. The summed E-state index contributed by atoms with van der Waals surface area (Å²) in [5.74, 6) is -1.84. The van der Waals surface area contributed by atoms with Gasteiger partial charge in [0.05, 0.1) is 12.0 Å². The van der Waals surface area contributed by atoms with Crippen molar-refractivity contribution >= 4 is 23.5 Å². The van der Waals surface area contributed by atoms with Crippen LogP contribution in [0.3, 0.4) is 0 Å². The number of esters is 1. The van der Waals surface area contributed by atoms with Gasteiger partial charge in [0, 0.05) is 17.7 Å². The number of nitro groups is 1. The maximum absolute atomic E-state index is 12.1. The lowest BCUT2D eigenvalue weighted by molar-refractivity contribution is -0.385. The summed E-state index contributed by atoms with van der Waals surface area (Å²) >= 11 is 0. The van der Waals surface area contributed by atoms with E-state index < -0.39 is 29.4 Å². The second kappa shape index (κ2) is 9.67. The number of ether oxygens (including phenoxy) is 2. The van der Waals surface area contributed by atoms with E-state index in [0.717, 1.165) is 31.7 Å². The standard InChI is InChI=1S/C18H23N3O7/c1-11(17(23)20-13-5-3-4-6-13)28-16(22)10-19-18(24)12-7-8-15(27-2)14(9-12)21(25)26/h7-9,11,13H,3-6,10H2,1-2H3,(H,19,24)(H,20,23)/t11-/m0/s1. The molecule has 0 bridgehead atoms. The third kappa shape index (κ3) is 5.66. The molecular formula is C18H23N3O7. The van der Waals surface area contributed by atoms with Gasteiger partial charge in [0.25, 0.3) is 11.8 Å². The van der Waals surface area contributed by atoms with Crippen molar-refractivity contribution in [1.82, 2.24) is 10.6 Å². The van der Waals surface area contributed by atoms with Crippen LogP contribution in [0, 0.1) is 10.1 Å². The van der Waals surface area contributed by atoms with Gasteiger partial charge >= 0.3 is 11.7 Å². The number of nitrogens with one attached hydrogen (secondary N) is 2. The molecule has 1 atom stereocenters. The molecule has 0 aliphatic heterocycles. The Balaban J connectivity index is 1.84. The third-order valence-electron chi connectivity index (χ3n) is 4.41. The van der Waals surface area contributed by atoms with Crippen LogP contribution in [-0.4, -0.2) is 48.5 Å². The Labute approximate surface area is 161 Å². The SMILES string of the molecule is COc1ccc(C(=O)NCC(=O)O[C@@H](C)C(=O)NC2CCCC2)cc1[N+](=O)[O-]. The van der Waals surface area contributed by atoms with E-state index in [1.807, 2.05) is 0 Å². The lowest BCUT2D eigenvalue weighted by Gasteiger charge is -2.17. The summed E-state index contributed by atoms with van der Waals surface area (Å²) in [5.41, 5.74) is -0.373. The van der Waals surface area contributed by atoms with Gasteiger partial charge in [-0.15, -0.1) is 0 Å². The van der Waals surface area contributed by atoms with Crippen LogP contribution in [0.5, 0.6) is 5.75 Å². The highest BCUT2D eigenvalue weighted by Gasteiger charge is 2.23. The van der Waals surface area contributed by atoms with E-state index in [1.54, 1.807) is 0 Å². The van der Waals surface area contributed by atoms with E-state index in [4.69, 9.17) is 9.47 Å². The molecule has 0 unspecified atom stereocenters. The maximum atomic E-state index is 12.1. The Kier molecular flexibility index (Phi) is 7.30. The van der Waals surface area contributed by atoms with Gasteiger partial charge in [-0.3, -0.25) is 24.5 Å². The number of nitro benzene ring substituents is 1. The summed E-state index contributed by atoms with van der Waals surface area (Å²) in [4.78, 5) is 46.3. The van der Waals surface area contributed by atoms with Gasteiger partial charge in [0.1, 0.15) is 6.54 Å². The van der Waals surface area contributed by atoms with Gasteiger partial charge < -0.3 is 20.1 Å². The monoisotopic (exact) mass is 393 g/mol. The van der Waals surface area contributed by atoms with Crippen molar-refractivity contribution in [3.63, 3.8) is 0 Å². The van der Waals surface area contributed by atoms with Gasteiger partial charge in [-0.25, -0.2) is 0 Å². The third-order valence-corrected chi connectivity index (χ3v) is 4.41. The molecule has 1 aromatic carbocycles. The molecule has 2 amide bonds. The zero-order valence-electron chi connectivity index (χ0n) is 15.7. The number of hydrogen-bond donors (Lipinski definition) is 2. The van der Waals surface area contributed by atoms with E-state index in [-0.39, 0.29) is 28.9 Å². The second-order valence-electron chi connectivity index (χ2n) is 6.45. The number of carbonyl (C=O) groups is 3. The van der Waals surface area contributed by atoms with Crippen molar-refractivity contribution in [3.8, 4) is 5.75 Å². The van der Waals surface area contributed by atoms with E-state index in [0.29, 0.717) is 0 Å². The molecular weight excluding hydrogens is 370 g/mol. The Bertz CT molecular complexity index is 760. The Morgan fingerprint density at radius 2 is 1.96 bits per heavy atom. The predicted octanol–water partition coefficient (Wildman–Crippen LogP) is 1.32. The minimum Gasteiger partial charge on any atom is -0.490 e. The summed E-state index contributed by atoms with van der Waals surface area (Å²) in [6, 6.07) is 3.79. The van der Waals surface area contributed by atoms with Crippen molar-refractivity contribution in [2.45, 2.75) is 44.8 Å². The van der Waals surface area contributed by atoms with E-state index >= 15 is 0 Å². The first-order valence-electron chi connectivity index (χ1n) is 8.92. The minimum atomic E-state index is -0.980. The van der Waals surface area contributed by atoms with Crippen LogP contribution in [0.4, 0.5) is 5.69 Å². The van der Waals surface area contributed by atoms with Crippen LogP contribution in [0.1, 0.15) is 43.0 Å². The van der Waals surface area contributed by atoms with Crippen LogP contribution in [0.25, 0.3) is 0 Å². The molecule has 0 spiro atoms. The number of amides is 2. The predicted molar refractivity (Wildman–Crippen MR) is 97.9 cm³/mol. The van der Waals surface area contributed by atoms with E-state index in [1.165, 1.54) is 26.2 Å². The smallest absolute Gasteiger partial charge is 0.326 e. The molecule has 2 rings (SSSR count). The Morgan fingerprint density at radius 3 is 2.57 bits per heavy atom. The summed E-state index contributed by atoms with van der Waals surface area (Å²) in [5, 5.41) is 16.1. The lowest BCUT2D eigenvalue weighted by Crippen LogP contribution is -2.42. The Hall–Kier alpha value is -3.17. The first-order valence-corrected chi connectivity index (χ1v) is 8.92. The average Bonchev–Trinajstić information content (AvgIpc) is 3.18. The topological polar surface area (TPSA) is 137 Å². The van der Waals surface area contributed by atoms with E-state index in [9.17, 15) is 24.5 Å². The summed E-state index contributed by atoms with van der Waals surface area (Å²) < 4.78 is 9.88. The van der Waals surface area contributed by atoms with Gasteiger partial charge in [-0.2, -0.15) is 0 Å². The highest BCUT2D eigenvalue weighted by atomic mass is 16.6. The van der Waals surface area contributed by atoms with Crippen LogP contribution >= 0.6 is 0 Å². The van der Waals surface area contributed by atoms with Crippen molar-refractivity contribution in [2.24, 2.45) is 0 Å². The summed E-state index contributed by atoms with van der Waals surface area (Å²) in [6.07, 6.45) is 2.98. The molecule has 0 saturated heterocycles. The molecule has 10 nitrogen and oxygen atoms in total. The van der Waals surface area contributed by atoms with Crippen molar-refractivity contribution in [3.05, 3.63) is 33.9 Å². The maximum Gasteiger partial charge on any atom is 0.326 e. The molecule has 1 saturated carbocycles.